The van der Waals surface area contributed by atoms with Crippen molar-refractivity contribution in [3.63, 3.8) is 0 Å². The standard InChI is InChI=1S/C9H10F2N2O/c1-13(2)9(14)6-3-5(10)4-7(12)8(6)11/h3-4H,12H2,1-2H3. The first-order chi connectivity index (χ1) is 6.43. The molecule has 0 atom stereocenters. The van der Waals surface area contributed by atoms with E-state index in [1.165, 1.54) is 14.1 Å². The van der Waals surface area contributed by atoms with Crippen LogP contribution in [0.1, 0.15) is 10.4 Å². The Balaban J connectivity index is 3.27. The van der Waals surface area contributed by atoms with E-state index in [-0.39, 0.29) is 11.3 Å². The van der Waals surface area contributed by atoms with Crippen molar-refractivity contribution in [2.24, 2.45) is 0 Å². The van der Waals surface area contributed by atoms with Crippen molar-refractivity contribution < 1.29 is 13.6 Å². The lowest BCUT2D eigenvalue weighted by Crippen LogP contribution is -2.23. The highest BCUT2D eigenvalue weighted by atomic mass is 19.1. The number of rotatable bonds is 1. The highest BCUT2D eigenvalue weighted by Crippen LogP contribution is 2.18. The van der Waals surface area contributed by atoms with Gasteiger partial charge in [-0.15, -0.1) is 0 Å². The fraction of sp³-hybridized carbons (Fsp3) is 0.222. The molecule has 0 radical (unpaired) electrons. The largest absolute Gasteiger partial charge is 0.396 e. The van der Waals surface area contributed by atoms with Crippen molar-refractivity contribution in [2.45, 2.75) is 0 Å². The number of hydrogen-bond donors (Lipinski definition) is 1. The summed E-state index contributed by atoms with van der Waals surface area (Å²) < 4.78 is 26.1. The number of halogens is 2. The molecule has 0 spiro atoms. The minimum Gasteiger partial charge on any atom is -0.396 e. The molecule has 2 N–H and O–H groups in total. The first-order valence-electron chi connectivity index (χ1n) is 3.89. The number of carbonyl (C=O) groups excluding carboxylic acids is 1. The summed E-state index contributed by atoms with van der Waals surface area (Å²) in [5.41, 5.74) is 4.45. The molecule has 0 fully saturated rings. The lowest BCUT2D eigenvalue weighted by atomic mass is 10.1. The van der Waals surface area contributed by atoms with Crippen LogP contribution in [0.25, 0.3) is 0 Å². The molecule has 14 heavy (non-hydrogen) atoms. The molecule has 1 aromatic rings. The van der Waals surface area contributed by atoms with Crippen molar-refractivity contribution in [3.05, 3.63) is 29.3 Å². The van der Waals surface area contributed by atoms with Gasteiger partial charge in [0.25, 0.3) is 5.91 Å². The van der Waals surface area contributed by atoms with Crippen molar-refractivity contribution in [3.8, 4) is 0 Å². The molecule has 0 heterocycles. The molecular weight excluding hydrogens is 190 g/mol. The van der Waals surface area contributed by atoms with Gasteiger partial charge >= 0.3 is 0 Å². The van der Waals surface area contributed by atoms with Crippen LogP contribution in [0.3, 0.4) is 0 Å². The Kier molecular flexibility index (Phi) is 2.69. The van der Waals surface area contributed by atoms with Crippen molar-refractivity contribution >= 4 is 11.6 Å². The molecule has 0 aromatic heterocycles. The molecule has 1 rings (SSSR count). The van der Waals surface area contributed by atoms with E-state index in [2.05, 4.69) is 0 Å². The van der Waals surface area contributed by atoms with Crippen LogP contribution in [-0.4, -0.2) is 24.9 Å². The maximum atomic E-state index is 13.3. The molecule has 0 aliphatic carbocycles. The fourth-order valence-corrected chi connectivity index (χ4v) is 1.01. The molecule has 0 bridgehead atoms. The van der Waals surface area contributed by atoms with Crippen molar-refractivity contribution in [2.75, 3.05) is 19.8 Å². The summed E-state index contributed by atoms with van der Waals surface area (Å²) >= 11 is 0. The Morgan fingerprint density at radius 3 is 2.43 bits per heavy atom. The lowest BCUT2D eigenvalue weighted by Gasteiger charge is -2.11. The van der Waals surface area contributed by atoms with Crippen LogP contribution in [0.15, 0.2) is 12.1 Å². The molecule has 0 unspecified atom stereocenters. The van der Waals surface area contributed by atoms with Gasteiger partial charge in [-0.1, -0.05) is 0 Å². The minimum atomic E-state index is -0.884. The molecule has 5 heteroatoms. The number of amides is 1. The number of nitrogens with two attached hydrogens (primary N) is 1. The normalized spacial score (nSPS) is 10.0. The SMILES string of the molecule is CN(C)C(=O)c1cc(F)cc(N)c1F. The van der Waals surface area contributed by atoms with E-state index in [0.29, 0.717) is 0 Å². The number of nitrogens with zero attached hydrogens (tertiary/aromatic N) is 1. The van der Waals surface area contributed by atoms with Crippen LogP contribution >= 0.6 is 0 Å². The van der Waals surface area contributed by atoms with E-state index in [1.807, 2.05) is 0 Å². The third kappa shape index (κ3) is 1.81. The average Bonchev–Trinajstić information content (AvgIpc) is 2.09. The maximum absolute atomic E-state index is 13.3. The molecule has 0 saturated carbocycles. The van der Waals surface area contributed by atoms with Gasteiger partial charge in [0.1, 0.15) is 5.82 Å². The van der Waals surface area contributed by atoms with Gasteiger partial charge in [0.2, 0.25) is 0 Å². The quantitative estimate of drug-likeness (QED) is 0.693. The Labute approximate surface area is 80.1 Å². The second-order valence-corrected chi connectivity index (χ2v) is 3.06. The second-order valence-electron chi connectivity index (χ2n) is 3.06. The molecule has 0 saturated heterocycles. The minimum absolute atomic E-state index is 0.354. The second kappa shape index (κ2) is 3.61. The van der Waals surface area contributed by atoms with E-state index in [1.54, 1.807) is 0 Å². The number of nitrogen functional groups attached to an aromatic ring is 1. The Morgan fingerprint density at radius 2 is 1.93 bits per heavy atom. The number of carbonyl (C=O) groups is 1. The topological polar surface area (TPSA) is 46.3 Å². The summed E-state index contributed by atoms with van der Waals surface area (Å²) in [6.07, 6.45) is 0. The van der Waals surface area contributed by atoms with Gasteiger partial charge in [-0.25, -0.2) is 8.78 Å². The van der Waals surface area contributed by atoms with E-state index < -0.39 is 17.5 Å². The van der Waals surface area contributed by atoms with Crippen LogP contribution in [0.4, 0.5) is 14.5 Å². The van der Waals surface area contributed by atoms with Crippen LogP contribution < -0.4 is 5.73 Å². The van der Waals surface area contributed by atoms with Gasteiger partial charge in [-0.3, -0.25) is 4.79 Å². The van der Waals surface area contributed by atoms with Gasteiger partial charge in [-0.05, 0) is 12.1 Å². The molecule has 1 amide bonds. The van der Waals surface area contributed by atoms with Crippen LogP contribution in [0.5, 0.6) is 0 Å². The average molecular weight is 200 g/mol. The zero-order chi connectivity index (χ0) is 10.9. The van der Waals surface area contributed by atoms with E-state index in [4.69, 9.17) is 5.73 Å². The molecule has 3 nitrogen and oxygen atoms in total. The highest BCUT2D eigenvalue weighted by molar-refractivity contribution is 5.95. The van der Waals surface area contributed by atoms with Crippen LogP contribution in [0, 0.1) is 11.6 Å². The van der Waals surface area contributed by atoms with Crippen LogP contribution in [0.2, 0.25) is 0 Å². The fourth-order valence-electron chi connectivity index (χ4n) is 1.01. The van der Waals surface area contributed by atoms with Crippen LogP contribution in [-0.2, 0) is 0 Å². The van der Waals surface area contributed by atoms with Gasteiger partial charge in [0.15, 0.2) is 5.82 Å². The molecular formula is C9H10F2N2O. The van der Waals surface area contributed by atoms with Crippen molar-refractivity contribution in [1.29, 1.82) is 0 Å². The first kappa shape index (κ1) is 10.4. The lowest BCUT2D eigenvalue weighted by molar-refractivity contribution is 0.0822. The number of benzene rings is 1. The number of anilines is 1. The number of hydrogen-bond acceptors (Lipinski definition) is 2. The third-order valence-corrected chi connectivity index (χ3v) is 1.70. The molecule has 1 aromatic carbocycles. The Hall–Kier alpha value is -1.65. The third-order valence-electron chi connectivity index (χ3n) is 1.70. The predicted molar refractivity (Wildman–Crippen MR) is 48.8 cm³/mol. The monoisotopic (exact) mass is 200 g/mol. The zero-order valence-electron chi connectivity index (χ0n) is 7.84. The Bertz CT molecular complexity index is 377. The summed E-state index contributed by atoms with van der Waals surface area (Å²) in [6, 6.07) is 1.66. The van der Waals surface area contributed by atoms with Gasteiger partial charge in [0, 0.05) is 14.1 Å². The Morgan fingerprint density at radius 1 is 1.36 bits per heavy atom. The highest BCUT2D eigenvalue weighted by Gasteiger charge is 2.17. The molecule has 76 valence electrons. The van der Waals surface area contributed by atoms with Crippen molar-refractivity contribution in [1.82, 2.24) is 4.90 Å². The summed E-state index contributed by atoms with van der Waals surface area (Å²) in [7, 11) is 2.89. The summed E-state index contributed by atoms with van der Waals surface area (Å²) in [5, 5.41) is 0. The molecule has 0 aliphatic rings. The zero-order valence-corrected chi connectivity index (χ0v) is 7.84. The summed E-state index contributed by atoms with van der Waals surface area (Å²) in [6.45, 7) is 0. The maximum Gasteiger partial charge on any atom is 0.256 e. The predicted octanol–water partition coefficient (Wildman–Crippen LogP) is 1.25. The van der Waals surface area contributed by atoms with Gasteiger partial charge < -0.3 is 10.6 Å². The van der Waals surface area contributed by atoms with E-state index in [0.717, 1.165) is 17.0 Å². The van der Waals surface area contributed by atoms with Gasteiger partial charge in [0.05, 0.1) is 11.3 Å². The summed E-state index contributed by atoms with van der Waals surface area (Å²) in [5.74, 6) is -2.23. The van der Waals surface area contributed by atoms with Gasteiger partial charge in [-0.2, -0.15) is 0 Å². The molecule has 0 aliphatic heterocycles. The van der Waals surface area contributed by atoms with E-state index >= 15 is 0 Å². The summed E-state index contributed by atoms with van der Waals surface area (Å²) in [4.78, 5) is 12.5. The first-order valence-corrected chi connectivity index (χ1v) is 3.89. The van der Waals surface area contributed by atoms with E-state index in [9.17, 15) is 13.6 Å². The smallest absolute Gasteiger partial charge is 0.256 e.